The van der Waals surface area contributed by atoms with E-state index < -0.39 is 18.3 Å². The van der Waals surface area contributed by atoms with Gasteiger partial charge in [0.15, 0.2) is 0 Å². The molecule has 2 atom stereocenters. The Bertz CT molecular complexity index is 158. The van der Waals surface area contributed by atoms with Crippen molar-refractivity contribution in [3.8, 4) is 0 Å². The first kappa shape index (κ1) is 8.48. The third-order valence-corrected chi connectivity index (χ3v) is 1.49. The van der Waals surface area contributed by atoms with Crippen LogP contribution in [-0.2, 0) is 4.79 Å². The highest BCUT2D eigenvalue weighted by atomic mass is 19.4. The number of aldehydes is 1. The summed E-state index contributed by atoms with van der Waals surface area (Å²) in [6, 6.07) is -2.32. The summed E-state index contributed by atoms with van der Waals surface area (Å²) in [7, 11) is 0. The van der Waals surface area contributed by atoms with Crippen molar-refractivity contribution in [1.29, 1.82) is 0 Å². The average Bonchev–Trinajstić information content (AvgIpc) is 2.32. The first-order valence-electron chi connectivity index (χ1n) is 3.07. The average molecular weight is 168 g/mol. The quantitative estimate of drug-likeness (QED) is 0.541. The number of hydrogen-bond acceptors (Lipinski definition) is 3. The fraction of sp³-hybridized carbons (Fsp3) is 0.800. The lowest BCUT2D eigenvalue weighted by Crippen LogP contribution is -2.41. The van der Waals surface area contributed by atoms with Gasteiger partial charge in [0.05, 0.1) is 6.04 Å². The van der Waals surface area contributed by atoms with Crippen LogP contribution in [0.2, 0.25) is 0 Å². The van der Waals surface area contributed by atoms with E-state index in [0.29, 0.717) is 6.29 Å². The van der Waals surface area contributed by atoms with Crippen molar-refractivity contribution in [2.45, 2.75) is 24.7 Å². The van der Waals surface area contributed by atoms with Crippen LogP contribution in [0.3, 0.4) is 0 Å². The molecule has 0 amide bonds. The van der Waals surface area contributed by atoms with Crippen molar-refractivity contribution in [3.05, 3.63) is 0 Å². The van der Waals surface area contributed by atoms with Crippen LogP contribution in [-0.4, -0.2) is 24.5 Å². The minimum absolute atomic E-state index is 0.229. The Labute approximate surface area is 60.9 Å². The van der Waals surface area contributed by atoms with Gasteiger partial charge >= 0.3 is 6.18 Å². The molecule has 1 aliphatic rings. The number of carbonyl (C=O) groups is 1. The SMILES string of the molecule is O=CC1CC(C(F)(F)F)NN1. The largest absolute Gasteiger partial charge is 0.405 e. The second-order valence-corrected chi connectivity index (χ2v) is 2.36. The highest BCUT2D eigenvalue weighted by Crippen LogP contribution is 2.24. The van der Waals surface area contributed by atoms with Gasteiger partial charge in [-0.15, -0.1) is 0 Å². The Balaban J connectivity index is 2.48. The topological polar surface area (TPSA) is 41.1 Å². The molecule has 3 nitrogen and oxygen atoms in total. The summed E-state index contributed by atoms with van der Waals surface area (Å²) in [4.78, 5) is 10.0. The summed E-state index contributed by atoms with van der Waals surface area (Å²) >= 11 is 0. The van der Waals surface area contributed by atoms with Crippen LogP contribution in [0.5, 0.6) is 0 Å². The molecule has 1 aliphatic heterocycles. The summed E-state index contributed by atoms with van der Waals surface area (Å²) in [6.07, 6.45) is -4.05. The van der Waals surface area contributed by atoms with E-state index in [0.717, 1.165) is 0 Å². The zero-order valence-electron chi connectivity index (χ0n) is 5.48. The van der Waals surface area contributed by atoms with Gasteiger partial charge in [0.2, 0.25) is 0 Å². The molecule has 1 rings (SSSR count). The predicted molar refractivity (Wildman–Crippen MR) is 30.6 cm³/mol. The van der Waals surface area contributed by atoms with Crippen LogP contribution >= 0.6 is 0 Å². The number of rotatable bonds is 1. The van der Waals surface area contributed by atoms with Crippen LogP contribution in [0, 0.1) is 0 Å². The van der Waals surface area contributed by atoms with E-state index in [1.807, 2.05) is 5.43 Å². The molecular weight excluding hydrogens is 161 g/mol. The van der Waals surface area contributed by atoms with Gasteiger partial charge in [-0.2, -0.15) is 13.2 Å². The van der Waals surface area contributed by atoms with Gasteiger partial charge in [-0.3, -0.25) is 0 Å². The number of hydrogen-bond donors (Lipinski definition) is 2. The highest BCUT2D eigenvalue weighted by molar-refractivity contribution is 5.58. The standard InChI is InChI=1S/C5H7F3N2O/c6-5(7,8)4-1-3(2-11)9-10-4/h2-4,9-10H,1H2. The second kappa shape index (κ2) is 2.78. The molecule has 0 aliphatic carbocycles. The zero-order chi connectivity index (χ0) is 8.48. The third kappa shape index (κ3) is 1.90. The van der Waals surface area contributed by atoms with Gasteiger partial charge in [0, 0.05) is 0 Å². The molecule has 6 heteroatoms. The van der Waals surface area contributed by atoms with Crippen LogP contribution in [0.4, 0.5) is 13.2 Å². The third-order valence-electron chi connectivity index (χ3n) is 1.49. The van der Waals surface area contributed by atoms with Crippen molar-refractivity contribution in [2.75, 3.05) is 0 Å². The molecule has 11 heavy (non-hydrogen) atoms. The van der Waals surface area contributed by atoms with Crippen LogP contribution < -0.4 is 10.9 Å². The molecule has 0 aromatic carbocycles. The van der Waals surface area contributed by atoms with E-state index in [-0.39, 0.29) is 6.42 Å². The summed E-state index contributed by atoms with van der Waals surface area (Å²) in [5, 5.41) is 0. The maximum Gasteiger partial charge on any atom is 0.405 e. The van der Waals surface area contributed by atoms with Crippen molar-refractivity contribution >= 4 is 6.29 Å². The minimum atomic E-state index is -4.27. The second-order valence-electron chi connectivity index (χ2n) is 2.36. The molecular formula is C5H7F3N2O. The van der Waals surface area contributed by atoms with Crippen LogP contribution in [0.25, 0.3) is 0 Å². The molecule has 1 heterocycles. The molecule has 1 saturated heterocycles. The highest BCUT2D eigenvalue weighted by Gasteiger charge is 2.44. The van der Waals surface area contributed by atoms with Crippen LogP contribution in [0.15, 0.2) is 0 Å². The van der Waals surface area contributed by atoms with E-state index in [9.17, 15) is 18.0 Å². The zero-order valence-corrected chi connectivity index (χ0v) is 5.48. The molecule has 2 unspecified atom stereocenters. The molecule has 0 radical (unpaired) electrons. The predicted octanol–water partition coefficient (Wildman–Crippen LogP) is -0.0173. The van der Waals surface area contributed by atoms with Crippen LogP contribution in [0.1, 0.15) is 6.42 Å². The molecule has 0 bridgehead atoms. The molecule has 0 aromatic rings. The maximum atomic E-state index is 11.9. The number of carbonyl (C=O) groups excluding carboxylic acids is 1. The molecule has 64 valence electrons. The van der Waals surface area contributed by atoms with Gasteiger partial charge in [0.25, 0.3) is 0 Å². The maximum absolute atomic E-state index is 11.9. The van der Waals surface area contributed by atoms with Crippen molar-refractivity contribution in [3.63, 3.8) is 0 Å². The Kier molecular flexibility index (Phi) is 2.15. The summed E-state index contributed by atoms with van der Waals surface area (Å²) in [5.41, 5.74) is 4.22. The number of nitrogens with one attached hydrogen (secondary N) is 2. The lowest BCUT2D eigenvalue weighted by atomic mass is 10.1. The Hall–Kier alpha value is -0.620. The van der Waals surface area contributed by atoms with Crippen molar-refractivity contribution in [2.24, 2.45) is 0 Å². The molecule has 1 fully saturated rings. The van der Waals surface area contributed by atoms with Gasteiger partial charge in [-0.05, 0) is 6.42 Å². The fourth-order valence-corrected chi connectivity index (χ4v) is 0.884. The van der Waals surface area contributed by atoms with Gasteiger partial charge in [0.1, 0.15) is 12.3 Å². The van der Waals surface area contributed by atoms with Gasteiger partial charge < -0.3 is 4.79 Å². The van der Waals surface area contributed by atoms with E-state index in [1.165, 1.54) is 0 Å². The van der Waals surface area contributed by atoms with E-state index in [2.05, 4.69) is 5.43 Å². The Morgan fingerprint density at radius 3 is 2.27 bits per heavy atom. The lowest BCUT2D eigenvalue weighted by Gasteiger charge is -2.12. The van der Waals surface area contributed by atoms with Gasteiger partial charge in [-0.1, -0.05) is 0 Å². The molecule has 0 aromatic heterocycles. The first-order valence-corrected chi connectivity index (χ1v) is 3.07. The number of halogens is 3. The Morgan fingerprint density at radius 1 is 1.36 bits per heavy atom. The van der Waals surface area contributed by atoms with Crippen molar-refractivity contribution in [1.82, 2.24) is 10.9 Å². The van der Waals surface area contributed by atoms with Crippen molar-refractivity contribution < 1.29 is 18.0 Å². The first-order chi connectivity index (χ1) is 5.04. The fourth-order valence-electron chi connectivity index (χ4n) is 0.884. The lowest BCUT2D eigenvalue weighted by molar-refractivity contribution is -0.152. The summed E-state index contributed by atoms with van der Waals surface area (Å²) in [5.74, 6) is 0. The monoisotopic (exact) mass is 168 g/mol. The number of alkyl halides is 3. The minimum Gasteiger partial charge on any atom is -0.302 e. The van der Waals surface area contributed by atoms with E-state index >= 15 is 0 Å². The Morgan fingerprint density at radius 2 is 2.00 bits per heavy atom. The number of hydrazine groups is 1. The van der Waals surface area contributed by atoms with E-state index in [1.54, 1.807) is 0 Å². The molecule has 2 N–H and O–H groups in total. The summed E-state index contributed by atoms with van der Waals surface area (Å²) in [6.45, 7) is 0. The normalized spacial score (nSPS) is 32.3. The van der Waals surface area contributed by atoms with Gasteiger partial charge in [-0.25, -0.2) is 10.9 Å². The summed E-state index contributed by atoms with van der Waals surface area (Å²) < 4.78 is 35.6. The molecule has 0 saturated carbocycles. The van der Waals surface area contributed by atoms with E-state index in [4.69, 9.17) is 0 Å². The molecule has 0 spiro atoms. The smallest absolute Gasteiger partial charge is 0.302 e.